The molecule has 114 valence electrons. The molecule has 0 aromatic heterocycles. The molecule has 0 aliphatic carbocycles. The molecule has 0 N–H and O–H groups in total. The molecule has 0 aliphatic rings. The van der Waals surface area contributed by atoms with E-state index < -0.39 is 0 Å². The van der Waals surface area contributed by atoms with E-state index in [0.717, 1.165) is 24.2 Å². The van der Waals surface area contributed by atoms with Gasteiger partial charge in [0.15, 0.2) is 0 Å². The first-order valence-corrected chi connectivity index (χ1v) is 7.57. The van der Waals surface area contributed by atoms with Crippen molar-refractivity contribution in [2.24, 2.45) is 9.98 Å². The Balaban J connectivity index is 1.87. The van der Waals surface area contributed by atoms with Crippen molar-refractivity contribution in [2.75, 3.05) is 14.1 Å². The summed E-state index contributed by atoms with van der Waals surface area (Å²) in [6.07, 6.45) is 5.80. The average Bonchev–Trinajstić information content (AvgIpc) is 2.55. The van der Waals surface area contributed by atoms with Crippen LogP contribution in [0.15, 0.2) is 70.6 Å². The van der Waals surface area contributed by atoms with Gasteiger partial charge >= 0.3 is 0 Å². The molecule has 0 aliphatic heterocycles. The van der Waals surface area contributed by atoms with Crippen LogP contribution in [0.4, 0.5) is 11.4 Å². The molecule has 0 saturated carbocycles. The zero-order valence-corrected chi connectivity index (χ0v) is 13.3. The fourth-order valence-corrected chi connectivity index (χ4v) is 2.11. The minimum atomic E-state index is 0.403. The van der Waals surface area contributed by atoms with E-state index in [1.165, 1.54) is 0 Å². The van der Waals surface area contributed by atoms with Crippen molar-refractivity contribution in [3.05, 3.63) is 60.7 Å². The van der Waals surface area contributed by atoms with Crippen molar-refractivity contribution in [2.45, 2.75) is 18.9 Å². The quantitative estimate of drug-likeness (QED) is 0.691. The molecular weight excluding hydrogens is 270 g/mol. The predicted octanol–water partition coefficient (Wildman–Crippen LogP) is 4.50. The molecule has 0 heterocycles. The lowest BCUT2D eigenvalue weighted by Gasteiger charge is -2.20. The largest absolute Gasteiger partial charge is 0.306 e. The molecule has 0 radical (unpaired) electrons. The van der Waals surface area contributed by atoms with Crippen molar-refractivity contribution in [3.8, 4) is 0 Å². The summed E-state index contributed by atoms with van der Waals surface area (Å²) in [5, 5.41) is 0. The third kappa shape index (κ3) is 5.62. The molecule has 0 bridgehead atoms. The molecule has 0 amide bonds. The minimum absolute atomic E-state index is 0.403. The first-order chi connectivity index (χ1) is 10.8. The van der Waals surface area contributed by atoms with Gasteiger partial charge in [0.2, 0.25) is 0 Å². The summed E-state index contributed by atoms with van der Waals surface area (Å²) in [6, 6.07) is 20.5. The highest BCUT2D eigenvalue weighted by atomic mass is 15.1. The molecular formula is C19H23N3. The predicted molar refractivity (Wildman–Crippen MR) is 95.9 cm³/mol. The third-order valence-electron chi connectivity index (χ3n) is 3.48. The van der Waals surface area contributed by atoms with Crippen LogP contribution in [-0.4, -0.2) is 37.5 Å². The lowest BCUT2D eigenvalue weighted by molar-refractivity contribution is 0.310. The highest BCUT2D eigenvalue weighted by Gasteiger charge is 2.08. The van der Waals surface area contributed by atoms with E-state index in [0.29, 0.717) is 6.04 Å². The zero-order chi connectivity index (χ0) is 15.6. The Morgan fingerprint density at radius 1 is 0.773 bits per heavy atom. The lowest BCUT2D eigenvalue weighted by atomic mass is 10.1. The van der Waals surface area contributed by atoms with Crippen LogP contribution >= 0.6 is 0 Å². The van der Waals surface area contributed by atoms with Crippen LogP contribution < -0.4 is 0 Å². The van der Waals surface area contributed by atoms with Crippen LogP contribution in [0.1, 0.15) is 12.8 Å². The van der Waals surface area contributed by atoms with Gasteiger partial charge in [-0.05, 0) is 51.2 Å². The number of aliphatic imine (C=N–C) groups is 2. The van der Waals surface area contributed by atoms with Gasteiger partial charge in [0.1, 0.15) is 0 Å². The van der Waals surface area contributed by atoms with E-state index in [9.17, 15) is 0 Å². The molecule has 0 saturated heterocycles. The highest BCUT2D eigenvalue weighted by Crippen LogP contribution is 2.12. The summed E-state index contributed by atoms with van der Waals surface area (Å²) in [4.78, 5) is 11.2. The summed E-state index contributed by atoms with van der Waals surface area (Å²) in [6.45, 7) is 0. The molecule has 2 aromatic rings. The summed E-state index contributed by atoms with van der Waals surface area (Å²) in [5.74, 6) is 0. The number of nitrogens with zero attached hydrogens (tertiary/aromatic N) is 3. The van der Waals surface area contributed by atoms with Gasteiger partial charge in [-0.1, -0.05) is 36.4 Å². The van der Waals surface area contributed by atoms with Crippen molar-refractivity contribution in [1.29, 1.82) is 0 Å². The zero-order valence-electron chi connectivity index (χ0n) is 13.3. The normalized spacial score (nSPS) is 13.2. The Morgan fingerprint density at radius 3 is 1.55 bits per heavy atom. The van der Waals surface area contributed by atoms with Gasteiger partial charge < -0.3 is 4.90 Å². The second-order valence-corrected chi connectivity index (χ2v) is 5.38. The first-order valence-electron chi connectivity index (χ1n) is 7.57. The third-order valence-corrected chi connectivity index (χ3v) is 3.48. The number of para-hydroxylation sites is 2. The maximum absolute atomic E-state index is 4.50. The SMILES string of the molecule is CN(C)C(CC=Nc1ccccc1)CC=Nc1ccccc1. The van der Waals surface area contributed by atoms with Gasteiger partial charge in [-0.25, -0.2) is 0 Å². The van der Waals surface area contributed by atoms with Crippen LogP contribution in [0.2, 0.25) is 0 Å². The maximum Gasteiger partial charge on any atom is 0.0625 e. The van der Waals surface area contributed by atoms with E-state index in [1.54, 1.807) is 0 Å². The molecule has 0 spiro atoms. The Bertz CT molecular complexity index is 537. The molecule has 22 heavy (non-hydrogen) atoms. The van der Waals surface area contributed by atoms with Crippen molar-refractivity contribution in [3.63, 3.8) is 0 Å². The minimum Gasteiger partial charge on any atom is -0.306 e. The fourth-order valence-electron chi connectivity index (χ4n) is 2.11. The molecule has 0 fully saturated rings. The Labute approximate surface area is 133 Å². The van der Waals surface area contributed by atoms with E-state index in [4.69, 9.17) is 0 Å². The van der Waals surface area contributed by atoms with Crippen LogP contribution in [-0.2, 0) is 0 Å². The Hall–Kier alpha value is -2.26. The molecule has 2 rings (SSSR count). The standard InChI is InChI=1S/C19H23N3/c1-22(2)19(13-15-20-17-9-5-3-6-10-17)14-16-21-18-11-7-4-8-12-18/h3-12,15-16,19H,13-14H2,1-2H3. The molecule has 3 heteroatoms. The number of benzene rings is 2. The van der Waals surface area contributed by atoms with Gasteiger partial charge in [-0.2, -0.15) is 0 Å². The average molecular weight is 293 g/mol. The van der Waals surface area contributed by atoms with E-state index >= 15 is 0 Å². The summed E-state index contributed by atoms with van der Waals surface area (Å²) in [7, 11) is 4.19. The number of hydrogen-bond acceptors (Lipinski definition) is 3. The maximum atomic E-state index is 4.50. The smallest absolute Gasteiger partial charge is 0.0625 e. The van der Waals surface area contributed by atoms with Crippen LogP contribution in [0.5, 0.6) is 0 Å². The van der Waals surface area contributed by atoms with Gasteiger partial charge in [0, 0.05) is 18.5 Å². The summed E-state index contributed by atoms with van der Waals surface area (Å²) in [5.41, 5.74) is 2.00. The Morgan fingerprint density at radius 2 is 1.18 bits per heavy atom. The molecule has 3 nitrogen and oxygen atoms in total. The second-order valence-electron chi connectivity index (χ2n) is 5.38. The van der Waals surface area contributed by atoms with Crippen molar-refractivity contribution >= 4 is 23.8 Å². The lowest BCUT2D eigenvalue weighted by Crippen LogP contribution is -2.28. The highest BCUT2D eigenvalue weighted by molar-refractivity contribution is 5.67. The second kappa shape index (κ2) is 8.90. The first kappa shape index (κ1) is 16.1. The fraction of sp³-hybridized carbons (Fsp3) is 0.263. The van der Waals surface area contributed by atoms with E-state index in [2.05, 4.69) is 29.0 Å². The van der Waals surface area contributed by atoms with E-state index in [1.807, 2.05) is 73.1 Å². The van der Waals surface area contributed by atoms with E-state index in [-0.39, 0.29) is 0 Å². The van der Waals surface area contributed by atoms with Crippen LogP contribution in [0.3, 0.4) is 0 Å². The van der Waals surface area contributed by atoms with Gasteiger partial charge in [-0.3, -0.25) is 9.98 Å². The van der Waals surface area contributed by atoms with Gasteiger partial charge in [0.05, 0.1) is 11.4 Å². The van der Waals surface area contributed by atoms with Gasteiger partial charge in [-0.15, -0.1) is 0 Å². The van der Waals surface area contributed by atoms with Crippen LogP contribution in [0, 0.1) is 0 Å². The molecule has 2 aromatic carbocycles. The van der Waals surface area contributed by atoms with Crippen molar-refractivity contribution in [1.82, 2.24) is 4.90 Å². The Kier molecular flexibility index (Phi) is 6.52. The monoisotopic (exact) mass is 293 g/mol. The number of rotatable bonds is 7. The van der Waals surface area contributed by atoms with Gasteiger partial charge in [0.25, 0.3) is 0 Å². The topological polar surface area (TPSA) is 28.0 Å². The van der Waals surface area contributed by atoms with Crippen LogP contribution in [0.25, 0.3) is 0 Å². The number of hydrogen-bond donors (Lipinski definition) is 0. The molecule has 0 atom stereocenters. The summed E-state index contributed by atoms with van der Waals surface area (Å²) < 4.78 is 0. The summed E-state index contributed by atoms with van der Waals surface area (Å²) >= 11 is 0. The van der Waals surface area contributed by atoms with Crippen molar-refractivity contribution < 1.29 is 0 Å². The molecule has 0 unspecified atom stereocenters.